The fraction of sp³-hybridized carbons (Fsp3) is 0. The van der Waals surface area contributed by atoms with Gasteiger partial charge in [0, 0.05) is 38.5 Å². The van der Waals surface area contributed by atoms with Gasteiger partial charge in [-0.3, -0.25) is 0 Å². The standard InChI is InChI=1S/C49H31N3O2/c1-4-15-32(16-5-1)33-27-29-36(30-28-33)52(43-25-14-24-42-45(43)38-22-10-12-23-41(38)51(42)35-19-8-3-9-20-35)46-47-39(37-21-11-13-26-44(37)53-47)31-40-48(46)54-49(50-40)34-17-6-2-7-18-34/h1-31H. The van der Waals surface area contributed by atoms with Crippen molar-refractivity contribution in [3.8, 4) is 28.3 Å². The Balaban J connectivity index is 1.27. The van der Waals surface area contributed by atoms with Gasteiger partial charge in [-0.2, -0.15) is 0 Å². The number of anilines is 3. The number of hydrogen-bond donors (Lipinski definition) is 0. The van der Waals surface area contributed by atoms with E-state index in [-0.39, 0.29) is 0 Å². The average molecular weight is 694 g/mol. The number of para-hydroxylation sites is 3. The predicted molar refractivity (Wildman–Crippen MR) is 221 cm³/mol. The lowest BCUT2D eigenvalue weighted by molar-refractivity contribution is 0.618. The third-order valence-corrected chi connectivity index (χ3v) is 10.4. The van der Waals surface area contributed by atoms with Crippen molar-refractivity contribution in [3.05, 3.63) is 188 Å². The lowest BCUT2D eigenvalue weighted by Gasteiger charge is -2.26. The Morgan fingerprint density at radius 1 is 0.463 bits per heavy atom. The second-order valence-corrected chi connectivity index (χ2v) is 13.5. The number of oxazole rings is 1. The highest BCUT2D eigenvalue weighted by Crippen LogP contribution is 2.50. The first-order chi connectivity index (χ1) is 26.8. The highest BCUT2D eigenvalue weighted by molar-refractivity contribution is 6.21. The minimum Gasteiger partial charge on any atom is -0.454 e. The Kier molecular flexibility index (Phi) is 6.79. The molecule has 0 amide bonds. The molecule has 5 heteroatoms. The van der Waals surface area contributed by atoms with Crippen molar-refractivity contribution in [1.29, 1.82) is 0 Å². The first-order valence-electron chi connectivity index (χ1n) is 18.1. The molecular weight excluding hydrogens is 663 g/mol. The van der Waals surface area contributed by atoms with Crippen molar-refractivity contribution in [3.63, 3.8) is 0 Å². The summed E-state index contributed by atoms with van der Waals surface area (Å²) in [6, 6.07) is 65.4. The zero-order valence-corrected chi connectivity index (χ0v) is 29.1. The van der Waals surface area contributed by atoms with E-state index in [1.165, 1.54) is 0 Å². The van der Waals surface area contributed by atoms with Gasteiger partial charge in [0.05, 0.1) is 16.7 Å². The number of benzene rings is 8. The summed E-state index contributed by atoms with van der Waals surface area (Å²) in [4.78, 5) is 7.43. The van der Waals surface area contributed by atoms with Crippen LogP contribution in [0, 0.1) is 0 Å². The molecule has 0 spiro atoms. The fourth-order valence-electron chi connectivity index (χ4n) is 8.00. The third kappa shape index (κ3) is 4.69. The molecule has 0 N–H and O–H groups in total. The fourth-order valence-corrected chi connectivity index (χ4v) is 8.00. The Labute approximate surface area is 310 Å². The van der Waals surface area contributed by atoms with Gasteiger partial charge in [-0.1, -0.05) is 121 Å². The molecule has 11 rings (SSSR count). The summed E-state index contributed by atoms with van der Waals surface area (Å²) in [7, 11) is 0. The SMILES string of the molecule is c1ccc(-c2ccc(N(c3c4oc(-c5ccccc5)nc4cc4c3oc3ccccc34)c3cccc4c3c3ccccc3n4-c3ccccc3)cc2)cc1. The summed E-state index contributed by atoms with van der Waals surface area (Å²) in [6.45, 7) is 0. The average Bonchev–Trinajstić information content (AvgIpc) is 3.94. The summed E-state index contributed by atoms with van der Waals surface area (Å²) < 4.78 is 16.1. The first-order valence-corrected chi connectivity index (χ1v) is 18.1. The van der Waals surface area contributed by atoms with Gasteiger partial charge in [-0.05, 0) is 77.9 Å². The highest BCUT2D eigenvalue weighted by atomic mass is 16.4. The molecule has 0 radical (unpaired) electrons. The molecule has 0 unspecified atom stereocenters. The maximum atomic E-state index is 6.86. The van der Waals surface area contributed by atoms with Crippen molar-refractivity contribution in [1.82, 2.24) is 9.55 Å². The molecule has 0 bridgehead atoms. The van der Waals surface area contributed by atoms with Crippen LogP contribution < -0.4 is 4.90 Å². The number of fused-ring (bicyclic) bond motifs is 7. The van der Waals surface area contributed by atoms with Crippen LogP contribution in [0.15, 0.2) is 197 Å². The number of hydrogen-bond acceptors (Lipinski definition) is 4. The van der Waals surface area contributed by atoms with Crippen molar-refractivity contribution in [2.45, 2.75) is 0 Å². The van der Waals surface area contributed by atoms with Crippen LogP contribution in [0.5, 0.6) is 0 Å². The molecule has 5 nitrogen and oxygen atoms in total. The molecule has 0 aliphatic heterocycles. The second-order valence-electron chi connectivity index (χ2n) is 13.5. The molecule has 0 atom stereocenters. The molecule has 54 heavy (non-hydrogen) atoms. The Morgan fingerprint density at radius 3 is 1.87 bits per heavy atom. The molecule has 0 saturated heterocycles. The van der Waals surface area contributed by atoms with E-state index in [0.717, 1.165) is 88.7 Å². The lowest BCUT2D eigenvalue weighted by atomic mass is 10.0. The van der Waals surface area contributed by atoms with Crippen molar-refractivity contribution < 1.29 is 8.83 Å². The summed E-state index contributed by atoms with van der Waals surface area (Å²) >= 11 is 0. The lowest BCUT2D eigenvalue weighted by Crippen LogP contribution is -2.11. The van der Waals surface area contributed by atoms with E-state index in [0.29, 0.717) is 11.5 Å². The number of nitrogens with zero attached hydrogens (tertiary/aromatic N) is 3. The van der Waals surface area contributed by atoms with Crippen LogP contribution >= 0.6 is 0 Å². The molecule has 3 heterocycles. The summed E-state index contributed by atoms with van der Waals surface area (Å²) in [5.74, 6) is 0.557. The normalized spacial score (nSPS) is 11.7. The van der Waals surface area contributed by atoms with Gasteiger partial charge in [0.15, 0.2) is 11.2 Å². The zero-order valence-electron chi connectivity index (χ0n) is 29.1. The van der Waals surface area contributed by atoms with Gasteiger partial charge < -0.3 is 18.3 Å². The van der Waals surface area contributed by atoms with Crippen LogP contribution in [0.1, 0.15) is 0 Å². The molecule has 8 aromatic carbocycles. The first kappa shape index (κ1) is 30.3. The highest BCUT2D eigenvalue weighted by Gasteiger charge is 2.29. The van der Waals surface area contributed by atoms with Gasteiger partial charge in [0.1, 0.15) is 16.8 Å². The van der Waals surface area contributed by atoms with Crippen molar-refractivity contribution in [2.24, 2.45) is 0 Å². The van der Waals surface area contributed by atoms with E-state index in [9.17, 15) is 0 Å². The van der Waals surface area contributed by atoms with E-state index in [4.69, 9.17) is 13.8 Å². The smallest absolute Gasteiger partial charge is 0.227 e. The molecule has 3 aromatic heterocycles. The van der Waals surface area contributed by atoms with Crippen LogP contribution in [0.4, 0.5) is 17.1 Å². The van der Waals surface area contributed by atoms with E-state index in [1.54, 1.807) is 0 Å². The number of aromatic nitrogens is 2. The minimum absolute atomic E-state index is 0.557. The maximum absolute atomic E-state index is 6.86. The quantitative estimate of drug-likeness (QED) is 0.174. The molecule has 11 aromatic rings. The van der Waals surface area contributed by atoms with Gasteiger partial charge in [0.2, 0.25) is 5.89 Å². The van der Waals surface area contributed by atoms with Crippen LogP contribution in [0.2, 0.25) is 0 Å². The monoisotopic (exact) mass is 693 g/mol. The van der Waals surface area contributed by atoms with Gasteiger partial charge in [-0.15, -0.1) is 0 Å². The maximum Gasteiger partial charge on any atom is 0.227 e. The van der Waals surface area contributed by atoms with Crippen LogP contribution in [0.25, 0.3) is 83.1 Å². The molecule has 0 aliphatic carbocycles. The van der Waals surface area contributed by atoms with E-state index in [2.05, 4.69) is 149 Å². The van der Waals surface area contributed by atoms with Crippen molar-refractivity contribution >= 4 is 71.9 Å². The zero-order chi connectivity index (χ0) is 35.6. The van der Waals surface area contributed by atoms with Gasteiger partial charge in [-0.25, -0.2) is 4.98 Å². The van der Waals surface area contributed by atoms with E-state index in [1.807, 2.05) is 48.5 Å². The number of furan rings is 1. The minimum atomic E-state index is 0.557. The third-order valence-electron chi connectivity index (χ3n) is 10.4. The predicted octanol–water partition coefficient (Wildman–Crippen LogP) is 13.6. The number of rotatable bonds is 6. The van der Waals surface area contributed by atoms with Gasteiger partial charge >= 0.3 is 0 Å². The molecule has 0 fully saturated rings. The van der Waals surface area contributed by atoms with E-state index < -0.39 is 0 Å². The molecule has 0 saturated carbocycles. The Hall–Kier alpha value is -7.37. The summed E-state index contributed by atoms with van der Waals surface area (Å²) in [5, 5.41) is 4.27. The van der Waals surface area contributed by atoms with E-state index >= 15 is 0 Å². The molecule has 0 aliphatic rings. The Bertz CT molecular complexity index is 3140. The second kappa shape index (κ2) is 12.1. The Morgan fingerprint density at radius 2 is 1.09 bits per heavy atom. The summed E-state index contributed by atoms with van der Waals surface area (Å²) in [5.41, 5.74) is 12.2. The van der Waals surface area contributed by atoms with Gasteiger partial charge in [0.25, 0.3) is 0 Å². The van der Waals surface area contributed by atoms with Crippen LogP contribution in [0.3, 0.4) is 0 Å². The van der Waals surface area contributed by atoms with Crippen molar-refractivity contribution in [2.75, 3.05) is 4.90 Å². The van der Waals surface area contributed by atoms with Crippen LogP contribution in [-0.2, 0) is 0 Å². The topological polar surface area (TPSA) is 47.3 Å². The molecule has 254 valence electrons. The molecular formula is C49H31N3O2. The largest absolute Gasteiger partial charge is 0.454 e. The summed E-state index contributed by atoms with van der Waals surface area (Å²) in [6.07, 6.45) is 0. The van der Waals surface area contributed by atoms with Crippen LogP contribution in [-0.4, -0.2) is 9.55 Å².